The van der Waals surface area contributed by atoms with E-state index in [-0.39, 0.29) is 64.4 Å². The smallest absolute Gasteiger partial charge is 0.326 e. The molecule has 0 spiro atoms. The highest BCUT2D eigenvalue weighted by molar-refractivity contribution is 5.86. The van der Waals surface area contributed by atoms with Crippen LogP contribution in [-0.4, -0.2) is 102 Å². The van der Waals surface area contributed by atoms with E-state index in [9.17, 15) is 43.8 Å². The molecule has 15 nitrogen and oxygen atoms in total. The van der Waals surface area contributed by atoms with Crippen molar-refractivity contribution in [2.24, 2.45) is 11.8 Å². The SMILES string of the molecule is CCC(=O)NCCOCCOCC(=O)C[C@@H](CCC(=O)N[C@@H](CCC(=O)NCCCC[C@H](CC)C(=O)O)C(=O)O)C(=O)O. The van der Waals surface area contributed by atoms with Crippen LogP contribution < -0.4 is 16.0 Å². The molecule has 43 heavy (non-hydrogen) atoms. The molecule has 0 aromatic heterocycles. The van der Waals surface area contributed by atoms with Crippen molar-refractivity contribution in [3.8, 4) is 0 Å². The van der Waals surface area contributed by atoms with E-state index in [0.29, 0.717) is 45.2 Å². The van der Waals surface area contributed by atoms with Crippen molar-refractivity contribution in [3.63, 3.8) is 0 Å². The van der Waals surface area contributed by atoms with Gasteiger partial charge in [-0.05, 0) is 32.1 Å². The molecule has 6 N–H and O–H groups in total. The molecule has 0 aliphatic carbocycles. The summed E-state index contributed by atoms with van der Waals surface area (Å²) >= 11 is 0. The van der Waals surface area contributed by atoms with Gasteiger partial charge in [0.25, 0.3) is 0 Å². The van der Waals surface area contributed by atoms with E-state index in [0.717, 1.165) is 0 Å². The second kappa shape index (κ2) is 23.9. The molecule has 15 heteroatoms. The molecule has 3 atom stereocenters. The van der Waals surface area contributed by atoms with Gasteiger partial charge in [-0.25, -0.2) is 4.79 Å². The minimum Gasteiger partial charge on any atom is -0.481 e. The molecule has 0 heterocycles. The van der Waals surface area contributed by atoms with Gasteiger partial charge >= 0.3 is 17.9 Å². The lowest BCUT2D eigenvalue weighted by molar-refractivity contribution is -0.145. The average molecular weight is 618 g/mol. The molecule has 0 aromatic rings. The molecular weight excluding hydrogens is 570 g/mol. The molecule has 0 saturated heterocycles. The van der Waals surface area contributed by atoms with Crippen molar-refractivity contribution in [1.29, 1.82) is 0 Å². The maximum atomic E-state index is 12.3. The maximum absolute atomic E-state index is 12.3. The normalized spacial score (nSPS) is 12.9. The number of nitrogens with one attached hydrogen (secondary N) is 3. The third-order valence-electron chi connectivity index (χ3n) is 6.50. The Bertz CT molecular complexity index is 911. The number of rotatable bonds is 27. The van der Waals surface area contributed by atoms with Crippen LogP contribution in [0.4, 0.5) is 0 Å². The Morgan fingerprint density at radius 2 is 1.28 bits per heavy atom. The molecule has 0 rings (SSSR count). The molecule has 0 unspecified atom stereocenters. The van der Waals surface area contributed by atoms with Crippen molar-refractivity contribution in [3.05, 3.63) is 0 Å². The Labute approximate surface area is 251 Å². The fourth-order valence-electron chi connectivity index (χ4n) is 3.88. The zero-order valence-electron chi connectivity index (χ0n) is 25.1. The summed E-state index contributed by atoms with van der Waals surface area (Å²) in [6.45, 7) is 4.39. The number of amides is 3. The van der Waals surface area contributed by atoms with Gasteiger partial charge in [-0.2, -0.15) is 0 Å². The zero-order valence-corrected chi connectivity index (χ0v) is 25.1. The van der Waals surface area contributed by atoms with E-state index in [4.69, 9.17) is 14.6 Å². The van der Waals surface area contributed by atoms with Crippen LogP contribution in [0, 0.1) is 11.8 Å². The van der Waals surface area contributed by atoms with Gasteiger partial charge in [0.05, 0.1) is 31.7 Å². The third kappa shape index (κ3) is 20.9. The van der Waals surface area contributed by atoms with Crippen molar-refractivity contribution in [2.75, 3.05) is 39.5 Å². The number of carbonyl (C=O) groups excluding carboxylic acids is 4. The highest BCUT2D eigenvalue weighted by Gasteiger charge is 2.25. The Hall–Kier alpha value is -3.59. The summed E-state index contributed by atoms with van der Waals surface area (Å²) in [7, 11) is 0. The van der Waals surface area contributed by atoms with Crippen LogP contribution in [0.15, 0.2) is 0 Å². The van der Waals surface area contributed by atoms with Gasteiger partial charge in [0.1, 0.15) is 12.6 Å². The fourth-order valence-corrected chi connectivity index (χ4v) is 3.88. The first kappa shape index (κ1) is 39.4. The molecule has 3 amide bonds. The molecule has 246 valence electrons. The van der Waals surface area contributed by atoms with Gasteiger partial charge in [0.2, 0.25) is 17.7 Å². The Balaban J connectivity index is 4.32. The van der Waals surface area contributed by atoms with E-state index in [1.807, 2.05) is 0 Å². The number of ketones is 1. The number of ether oxygens (including phenoxy) is 2. The second-order valence-electron chi connectivity index (χ2n) is 9.97. The molecule has 0 aliphatic rings. The van der Waals surface area contributed by atoms with Gasteiger partial charge in [0.15, 0.2) is 5.78 Å². The first-order chi connectivity index (χ1) is 20.4. The molecule has 0 aliphatic heterocycles. The monoisotopic (exact) mass is 617 g/mol. The van der Waals surface area contributed by atoms with Gasteiger partial charge in [-0.15, -0.1) is 0 Å². The zero-order chi connectivity index (χ0) is 32.6. The second-order valence-corrected chi connectivity index (χ2v) is 9.97. The van der Waals surface area contributed by atoms with E-state index in [1.165, 1.54) is 0 Å². The summed E-state index contributed by atoms with van der Waals surface area (Å²) < 4.78 is 10.4. The highest BCUT2D eigenvalue weighted by Crippen LogP contribution is 2.14. The van der Waals surface area contributed by atoms with Gasteiger partial charge in [-0.3, -0.25) is 28.8 Å². The predicted octanol–water partition coefficient (Wildman–Crippen LogP) is 0.733. The van der Waals surface area contributed by atoms with Gasteiger partial charge in [-0.1, -0.05) is 20.3 Å². The Morgan fingerprint density at radius 3 is 1.88 bits per heavy atom. The quantitative estimate of drug-likeness (QED) is 0.0700. The van der Waals surface area contributed by atoms with E-state index in [2.05, 4.69) is 16.0 Å². The number of carboxylic acid groups (broad SMARTS) is 3. The van der Waals surface area contributed by atoms with Crippen LogP contribution in [0.1, 0.15) is 78.1 Å². The van der Waals surface area contributed by atoms with Crippen molar-refractivity contribution >= 4 is 41.4 Å². The molecule has 0 radical (unpaired) electrons. The number of hydrogen-bond donors (Lipinski definition) is 6. The molecule has 0 saturated carbocycles. The minimum absolute atomic E-state index is 0.0916. The largest absolute Gasteiger partial charge is 0.481 e. The number of carboxylic acids is 3. The summed E-state index contributed by atoms with van der Waals surface area (Å²) in [5.41, 5.74) is 0. The highest BCUT2D eigenvalue weighted by atomic mass is 16.5. The number of hydrogen-bond acceptors (Lipinski definition) is 9. The van der Waals surface area contributed by atoms with Crippen molar-refractivity contribution in [1.82, 2.24) is 16.0 Å². The number of Topliss-reactive ketones (excluding diaryl/α,β-unsaturated/α-hetero) is 1. The first-order valence-corrected chi connectivity index (χ1v) is 14.6. The van der Waals surface area contributed by atoms with Crippen LogP contribution >= 0.6 is 0 Å². The molecule has 0 fully saturated rings. The van der Waals surface area contributed by atoms with Gasteiger partial charge < -0.3 is 40.7 Å². The first-order valence-electron chi connectivity index (χ1n) is 14.6. The predicted molar refractivity (Wildman–Crippen MR) is 152 cm³/mol. The fraction of sp³-hybridized carbons (Fsp3) is 0.750. The summed E-state index contributed by atoms with van der Waals surface area (Å²) in [5.74, 6) is -6.79. The number of aliphatic carboxylic acids is 3. The minimum atomic E-state index is -1.36. The summed E-state index contributed by atoms with van der Waals surface area (Å²) in [5, 5.41) is 35.4. The van der Waals surface area contributed by atoms with Crippen LogP contribution in [0.5, 0.6) is 0 Å². The molecule has 0 bridgehead atoms. The third-order valence-corrected chi connectivity index (χ3v) is 6.50. The average Bonchev–Trinajstić information content (AvgIpc) is 2.95. The molecule has 0 aromatic carbocycles. The summed E-state index contributed by atoms with van der Waals surface area (Å²) in [4.78, 5) is 81.7. The Morgan fingerprint density at radius 1 is 0.651 bits per heavy atom. The summed E-state index contributed by atoms with van der Waals surface area (Å²) in [6.07, 6.45) is 1.33. The van der Waals surface area contributed by atoms with Crippen molar-refractivity contribution in [2.45, 2.75) is 84.1 Å². The van der Waals surface area contributed by atoms with E-state index >= 15 is 0 Å². The lowest BCUT2D eigenvalue weighted by atomic mass is 9.97. The van der Waals surface area contributed by atoms with E-state index < -0.39 is 53.4 Å². The Kier molecular flexibility index (Phi) is 21.9. The standard InChI is InChI=1S/C28H47N3O12/c1-3-19(26(36)37)7-5-6-12-29-24(34)11-9-22(28(40)41)31-25(35)10-8-20(27(38)39)17-21(32)18-43-16-15-42-14-13-30-23(33)4-2/h19-20,22H,3-18H2,1-2H3,(H,29,34)(H,30,33)(H,31,35)(H,36,37)(H,38,39)(H,40,41)/t19-,20+,22-/m0/s1. The van der Waals surface area contributed by atoms with Crippen LogP contribution in [-0.2, 0) is 43.0 Å². The van der Waals surface area contributed by atoms with E-state index in [1.54, 1.807) is 13.8 Å². The maximum Gasteiger partial charge on any atom is 0.326 e. The lowest BCUT2D eigenvalue weighted by Crippen LogP contribution is -2.42. The lowest BCUT2D eigenvalue weighted by Gasteiger charge is -2.16. The van der Waals surface area contributed by atoms with Gasteiger partial charge in [0, 0.05) is 38.8 Å². The number of carbonyl (C=O) groups is 7. The van der Waals surface area contributed by atoms with Crippen LogP contribution in [0.3, 0.4) is 0 Å². The van der Waals surface area contributed by atoms with Crippen LogP contribution in [0.25, 0.3) is 0 Å². The topological polar surface area (TPSA) is 235 Å². The van der Waals surface area contributed by atoms with Crippen LogP contribution in [0.2, 0.25) is 0 Å². The van der Waals surface area contributed by atoms with Crippen molar-refractivity contribution < 1.29 is 58.4 Å². The number of unbranched alkanes of at least 4 members (excludes halogenated alkanes) is 1. The molecular formula is C28H47N3O12. The summed E-state index contributed by atoms with van der Waals surface area (Å²) in [6, 6.07) is -1.36.